The second kappa shape index (κ2) is 5.09. The quantitative estimate of drug-likeness (QED) is 0.523. The molecule has 68 valence electrons. The van der Waals surface area contributed by atoms with Crippen molar-refractivity contribution in [1.82, 2.24) is 0 Å². The Morgan fingerprint density at radius 2 is 2.15 bits per heavy atom. The molecule has 0 atom stereocenters. The van der Waals surface area contributed by atoms with Crippen molar-refractivity contribution in [2.75, 3.05) is 6.61 Å². The molecule has 0 fully saturated rings. The van der Waals surface area contributed by atoms with Gasteiger partial charge in [0.25, 0.3) is 0 Å². The van der Waals surface area contributed by atoms with Gasteiger partial charge in [0, 0.05) is 0 Å². The van der Waals surface area contributed by atoms with Crippen molar-refractivity contribution < 1.29 is 9.53 Å². The monoisotopic (exact) mass is 177 g/mol. The summed E-state index contributed by atoms with van der Waals surface area (Å²) >= 11 is 0. The van der Waals surface area contributed by atoms with Gasteiger partial charge in [-0.15, -0.1) is 0 Å². The molecule has 0 bridgehead atoms. The smallest absolute Gasteiger partial charge is 0.349 e. The molecule has 0 saturated heterocycles. The second-order valence-electron chi connectivity index (χ2n) is 2.35. The summed E-state index contributed by atoms with van der Waals surface area (Å²) < 4.78 is 4.68. The highest BCUT2D eigenvalue weighted by Crippen LogP contribution is 2.08. The Labute approximate surface area is 77.1 Å². The fraction of sp³-hybridized carbons (Fsp3) is 0.200. The van der Waals surface area contributed by atoms with E-state index in [1.165, 1.54) is 6.21 Å². The van der Waals surface area contributed by atoms with Crippen molar-refractivity contribution in [3.63, 3.8) is 0 Å². The minimum atomic E-state index is -0.411. The van der Waals surface area contributed by atoms with Crippen LogP contribution < -0.4 is 0 Å². The molecule has 3 nitrogen and oxygen atoms in total. The topological polar surface area (TPSA) is 38.7 Å². The van der Waals surface area contributed by atoms with Crippen molar-refractivity contribution in [3.05, 3.63) is 30.3 Å². The molecule has 0 unspecified atom stereocenters. The number of carbonyl (C=O) groups is 1. The van der Waals surface area contributed by atoms with Crippen LogP contribution in [0.15, 0.2) is 35.3 Å². The van der Waals surface area contributed by atoms with Crippen LogP contribution in [0.5, 0.6) is 0 Å². The van der Waals surface area contributed by atoms with E-state index < -0.39 is 5.97 Å². The lowest BCUT2D eigenvalue weighted by atomic mass is 10.3. The fourth-order valence-electron chi connectivity index (χ4n) is 0.821. The van der Waals surface area contributed by atoms with E-state index in [4.69, 9.17) is 0 Å². The number of para-hydroxylation sites is 1. The van der Waals surface area contributed by atoms with Crippen LogP contribution in [-0.2, 0) is 9.53 Å². The van der Waals surface area contributed by atoms with Gasteiger partial charge in [-0.2, -0.15) is 0 Å². The van der Waals surface area contributed by atoms with E-state index in [9.17, 15) is 4.79 Å². The lowest BCUT2D eigenvalue weighted by Crippen LogP contribution is -2.04. The Morgan fingerprint density at radius 1 is 1.46 bits per heavy atom. The molecule has 0 amide bonds. The number of hydrogen-bond acceptors (Lipinski definition) is 3. The van der Waals surface area contributed by atoms with Gasteiger partial charge in [-0.25, -0.2) is 9.79 Å². The van der Waals surface area contributed by atoms with Crippen LogP contribution in [0.25, 0.3) is 0 Å². The van der Waals surface area contributed by atoms with Gasteiger partial charge in [-0.05, 0) is 19.1 Å². The molecule has 0 aromatic heterocycles. The molecule has 3 heteroatoms. The Kier molecular flexibility index (Phi) is 3.70. The van der Waals surface area contributed by atoms with Gasteiger partial charge in [-0.3, -0.25) is 0 Å². The number of benzene rings is 1. The number of ether oxygens (including phenoxy) is 1. The summed E-state index contributed by atoms with van der Waals surface area (Å²) in [7, 11) is 0. The zero-order valence-electron chi connectivity index (χ0n) is 7.43. The maximum atomic E-state index is 10.8. The first-order chi connectivity index (χ1) is 6.33. The van der Waals surface area contributed by atoms with Crippen LogP contribution in [0, 0.1) is 0 Å². The molecule has 0 saturated carbocycles. The SMILES string of the molecule is CCOC(=O)/C=N/c1ccccc1. The third-order valence-electron chi connectivity index (χ3n) is 1.36. The molecule has 0 aliphatic carbocycles. The Morgan fingerprint density at radius 3 is 2.77 bits per heavy atom. The Hall–Kier alpha value is -1.64. The van der Waals surface area contributed by atoms with Crippen molar-refractivity contribution in [3.8, 4) is 0 Å². The molecule has 1 rings (SSSR count). The van der Waals surface area contributed by atoms with Gasteiger partial charge in [0.15, 0.2) is 0 Å². The number of esters is 1. The third kappa shape index (κ3) is 3.51. The number of rotatable bonds is 3. The minimum absolute atomic E-state index is 0.375. The molecule has 0 aliphatic rings. The van der Waals surface area contributed by atoms with Gasteiger partial charge in [0.2, 0.25) is 0 Å². The van der Waals surface area contributed by atoms with Crippen LogP contribution in [-0.4, -0.2) is 18.8 Å². The van der Waals surface area contributed by atoms with E-state index in [0.717, 1.165) is 5.69 Å². The Balaban J connectivity index is 2.54. The van der Waals surface area contributed by atoms with Crippen LogP contribution in [0.3, 0.4) is 0 Å². The second-order valence-corrected chi connectivity index (χ2v) is 2.35. The third-order valence-corrected chi connectivity index (χ3v) is 1.36. The summed E-state index contributed by atoms with van der Waals surface area (Å²) in [6.45, 7) is 2.13. The molecule has 0 radical (unpaired) electrons. The van der Waals surface area contributed by atoms with Crippen molar-refractivity contribution in [2.24, 2.45) is 4.99 Å². The highest BCUT2D eigenvalue weighted by molar-refractivity contribution is 6.23. The Bertz CT molecular complexity index is 293. The predicted molar refractivity (Wildman–Crippen MR) is 51.2 cm³/mol. The van der Waals surface area contributed by atoms with Crippen molar-refractivity contribution >= 4 is 17.9 Å². The summed E-state index contributed by atoms with van der Waals surface area (Å²) in [4.78, 5) is 14.8. The van der Waals surface area contributed by atoms with Crippen LogP contribution in [0.2, 0.25) is 0 Å². The lowest BCUT2D eigenvalue weighted by Gasteiger charge is -1.94. The molecule has 0 heterocycles. The molecule has 13 heavy (non-hydrogen) atoms. The van der Waals surface area contributed by atoms with Crippen LogP contribution >= 0.6 is 0 Å². The van der Waals surface area contributed by atoms with Crippen LogP contribution in [0.1, 0.15) is 6.92 Å². The van der Waals surface area contributed by atoms with Gasteiger partial charge in [0.1, 0.15) is 6.21 Å². The van der Waals surface area contributed by atoms with Gasteiger partial charge < -0.3 is 4.74 Å². The highest BCUT2D eigenvalue weighted by atomic mass is 16.5. The standard InChI is InChI=1S/C10H11NO2/c1-2-13-10(12)8-11-9-6-4-3-5-7-9/h3-8H,2H2,1H3/b11-8+. The first kappa shape index (κ1) is 9.45. The van der Waals surface area contributed by atoms with Gasteiger partial charge in [-0.1, -0.05) is 18.2 Å². The van der Waals surface area contributed by atoms with Gasteiger partial charge in [0.05, 0.1) is 12.3 Å². The lowest BCUT2D eigenvalue weighted by molar-refractivity contribution is -0.134. The number of aliphatic imine (C=N–C) groups is 1. The molecule has 1 aromatic rings. The molecular weight excluding hydrogens is 166 g/mol. The first-order valence-corrected chi connectivity index (χ1v) is 4.09. The summed E-state index contributed by atoms with van der Waals surface area (Å²) in [5, 5.41) is 0. The summed E-state index contributed by atoms with van der Waals surface area (Å²) in [6, 6.07) is 9.24. The normalized spacial score (nSPS) is 10.2. The maximum absolute atomic E-state index is 10.8. The number of hydrogen-bond donors (Lipinski definition) is 0. The summed E-state index contributed by atoms with van der Waals surface area (Å²) in [6.07, 6.45) is 1.18. The molecule has 0 N–H and O–H groups in total. The fourth-order valence-corrected chi connectivity index (χ4v) is 0.821. The molecule has 1 aromatic carbocycles. The average molecular weight is 177 g/mol. The van der Waals surface area contributed by atoms with E-state index in [2.05, 4.69) is 9.73 Å². The largest absolute Gasteiger partial charge is 0.462 e. The van der Waals surface area contributed by atoms with E-state index >= 15 is 0 Å². The average Bonchev–Trinajstić information content (AvgIpc) is 2.17. The predicted octanol–water partition coefficient (Wildman–Crippen LogP) is 1.95. The van der Waals surface area contributed by atoms with Crippen molar-refractivity contribution in [2.45, 2.75) is 6.92 Å². The molecular formula is C10H11NO2. The first-order valence-electron chi connectivity index (χ1n) is 4.09. The van der Waals surface area contributed by atoms with Gasteiger partial charge >= 0.3 is 5.97 Å². The summed E-state index contributed by atoms with van der Waals surface area (Å²) in [5.74, 6) is -0.411. The number of carbonyl (C=O) groups excluding carboxylic acids is 1. The highest BCUT2D eigenvalue weighted by Gasteiger charge is 1.93. The minimum Gasteiger partial charge on any atom is -0.462 e. The molecule has 0 spiro atoms. The summed E-state index contributed by atoms with van der Waals surface area (Å²) in [5.41, 5.74) is 0.746. The van der Waals surface area contributed by atoms with E-state index in [0.29, 0.717) is 6.61 Å². The zero-order valence-corrected chi connectivity index (χ0v) is 7.43. The van der Waals surface area contributed by atoms with Crippen molar-refractivity contribution in [1.29, 1.82) is 0 Å². The number of nitrogens with zero attached hydrogens (tertiary/aromatic N) is 1. The zero-order chi connectivity index (χ0) is 9.52. The molecule has 0 aliphatic heterocycles. The van der Waals surface area contributed by atoms with E-state index in [-0.39, 0.29) is 0 Å². The van der Waals surface area contributed by atoms with Crippen LogP contribution in [0.4, 0.5) is 5.69 Å². The maximum Gasteiger partial charge on any atom is 0.349 e. The van der Waals surface area contributed by atoms with E-state index in [1.54, 1.807) is 6.92 Å². The van der Waals surface area contributed by atoms with E-state index in [1.807, 2.05) is 30.3 Å².